The summed E-state index contributed by atoms with van der Waals surface area (Å²) in [7, 11) is 6.30. The van der Waals surface area contributed by atoms with Crippen molar-refractivity contribution >= 4 is 41.7 Å². The van der Waals surface area contributed by atoms with Crippen molar-refractivity contribution in [2.24, 2.45) is 4.99 Å². The van der Waals surface area contributed by atoms with E-state index in [0.29, 0.717) is 12.1 Å². The fraction of sp³-hybridized carbons (Fsp3) is 0.938. The predicted octanol–water partition coefficient (Wildman–Crippen LogP) is 1.69. The number of guanidine groups is 1. The molecule has 7 heteroatoms. The molecule has 1 aliphatic heterocycles. The lowest BCUT2D eigenvalue weighted by molar-refractivity contribution is 0.116. The van der Waals surface area contributed by atoms with E-state index in [1.165, 1.54) is 25.7 Å². The molecule has 0 aromatic heterocycles. The lowest BCUT2D eigenvalue weighted by Gasteiger charge is -2.38. The molecule has 0 aromatic carbocycles. The van der Waals surface area contributed by atoms with Crippen LogP contribution in [0.5, 0.6) is 0 Å². The smallest absolute Gasteiger partial charge is 0.191 e. The monoisotopic (exact) mass is 455 g/mol. The zero-order valence-corrected chi connectivity index (χ0v) is 18.2. The summed E-state index contributed by atoms with van der Waals surface area (Å²) in [5.41, 5.74) is 0. The van der Waals surface area contributed by atoms with Crippen molar-refractivity contribution in [2.45, 2.75) is 43.0 Å². The number of piperazine rings is 1. The zero-order chi connectivity index (χ0) is 15.9. The molecule has 1 heterocycles. The third-order valence-corrected chi connectivity index (χ3v) is 6.10. The average molecular weight is 455 g/mol. The van der Waals surface area contributed by atoms with Gasteiger partial charge in [-0.3, -0.25) is 9.89 Å². The van der Waals surface area contributed by atoms with Crippen LogP contribution in [0.25, 0.3) is 0 Å². The summed E-state index contributed by atoms with van der Waals surface area (Å²) in [6.45, 7) is 4.39. The number of nitrogens with zero attached hydrogens (tertiary/aromatic N) is 3. The highest BCUT2D eigenvalue weighted by molar-refractivity contribution is 14.0. The number of halogens is 1. The molecule has 2 aliphatic rings. The molecule has 2 fully saturated rings. The third kappa shape index (κ3) is 6.96. The molecule has 136 valence electrons. The number of rotatable bonds is 4. The molecule has 0 radical (unpaired) electrons. The first-order valence-electron chi connectivity index (χ1n) is 8.51. The molecule has 0 bridgehead atoms. The summed E-state index contributed by atoms with van der Waals surface area (Å²) < 4.78 is 0. The molecule has 1 saturated carbocycles. The van der Waals surface area contributed by atoms with Crippen LogP contribution in [-0.2, 0) is 0 Å². The highest BCUT2D eigenvalue weighted by Crippen LogP contribution is 2.26. The SMILES string of the molecule is CN=C(NCC1CN(C)CCN1C)NC1CCCC(SC)C1.I. The molecule has 2 N–H and O–H groups in total. The first-order chi connectivity index (χ1) is 10.6. The van der Waals surface area contributed by atoms with E-state index in [1.807, 2.05) is 18.8 Å². The molecule has 23 heavy (non-hydrogen) atoms. The second-order valence-electron chi connectivity index (χ2n) is 6.72. The summed E-state index contributed by atoms with van der Waals surface area (Å²) in [4.78, 5) is 9.28. The van der Waals surface area contributed by atoms with E-state index >= 15 is 0 Å². The number of likely N-dealkylation sites (N-methyl/N-ethyl adjacent to an activating group) is 2. The fourth-order valence-electron chi connectivity index (χ4n) is 3.41. The first kappa shape index (κ1) is 21.3. The van der Waals surface area contributed by atoms with Crippen LogP contribution in [0.3, 0.4) is 0 Å². The molecule has 1 aliphatic carbocycles. The Kier molecular flexibility index (Phi) is 10.2. The maximum Gasteiger partial charge on any atom is 0.191 e. The minimum atomic E-state index is 0. The van der Waals surface area contributed by atoms with Gasteiger partial charge in [-0.25, -0.2) is 0 Å². The van der Waals surface area contributed by atoms with Gasteiger partial charge in [0.15, 0.2) is 5.96 Å². The van der Waals surface area contributed by atoms with Crippen LogP contribution in [-0.4, -0.2) is 86.7 Å². The van der Waals surface area contributed by atoms with Gasteiger partial charge in [-0.05, 0) is 39.6 Å². The van der Waals surface area contributed by atoms with Gasteiger partial charge in [-0.1, -0.05) is 6.42 Å². The van der Waals surface area contributed by atoms with E-state index in [9.17, 15) is 0 Å². The average Bonchev–Trinajstić information content (AvgIpc) is 2.54. The van der Waals surface area contributed by atoms with Crippen LogP contribution in [0.15, 0.2) is 4.99 Å². The van der Waals surface area contributed by atoms with Crippen molar-refractivity contribution in [3.63, 3.8) is 0 Å². The number of nitrogens with one attached hydrogen (secondary N) is 2. The maximum atomic E-state index is 4.42. The summed E-state index contributed by atoms with van der Waals surface area (Å²) in [5, 5.41) is 7.97. The van der Waals surface area contributed by atoms with Gasteiger partial charge in [-0.2, -0.15) is 11.8 Å². The second-order valence-corrected chi connectivity index (χ2v) is 7.85. The van der Waals surface area contributed by atoms with Gasteiger partial charge < -0.3 is 15.5 Å². The molecule has 5 nitrogen and oxygen atoms in total. The number of thioether (sulfide) groups is 1. The van der Waals surface area contributed by atoms with E-state index in [1.54, 1.807) is 0 Å². The third-order valence-electron chi connectivity index (χ3n) is 5.01. The van der Waals surface area contributed by atoms with E-state index in [0.717, 1.165) is 37.4 Å². The van der Waals surface area contributed by atoms with Gasteiger partial charge in [0.05, 0.1) is 0 Å². The van der Waals surface area contributed by atoms with Crippen LogP contribution in [0.2, 0.25) is 0 Å². The van der Waals surface area contributed by atoms with Crippen molar-refractivity contribution in [1.29, 1.82) is 0 Å². The lowest BCUT2D eigenvalue weighted by Crippen LogP contribution is -2.56. The second kappa shape index (κ2) is 11.0. The molecule has 2 rings (SSSR count). The van der Waals surface area contributed by atoms with E-state index in [2.05, 4.69) is 45.8 Å². The van der Waals surface area contributed by atoms with Crippen molar-refractivity contribution in [3.8, 4) is 0 Å². The molecule has 3 unspecified atom stereocenters. The topological polar surface area (TPSA) is 42.9 Å². The Bertz CT molecular complexity index is 368. The zero-order valence-electron chi connectivity index (χ0n) is 15.0. The predicted molar refractivity (Wildman–Crippen MR) is 113 cm³/mol. The normalized spacial score (nSPS) is 30.6. The van der Waals surface area contributed by atoms with Crippen LogP contribution < -0.4 is 10.6 Å². The van der Waals surface area contributed by atoms with E-state index in [-0.39, 0.29) is 24.0 Å². The Morgan fingerprint density at radius 3 is 2.74 bits per heavy atom. The Morgan fingerprint density at radius 2 is 2.04 bits per heavy atom. The highest BCUT2D eigenvalue weighted by Gasteiger charge is 2.24. The number of aliphatic imine (C=N–C) groups is 1. The Labute approximate surface area is 163 Å². The molecule has 3 atom stereocenters. The summed E-state index contributed by atoms with van der Waals surface area (Å²) in [5.74, 6) is 0.966. The summed E-state index contributed by atoms with van der Waals surface area (Å²) in [6, 6.07) is 1.13. The highest BCUT2D eigenvalue weighted by atomic mass is 127. The molecule has 1 saturated heterocycles. The van der Waals surface area contributed by atoms with Gasteiger partial charge in [0.25, 0.3) is 0 Å². The lowest BCUT2D eigenvalue weighted by atomic mass is 9.95. The molecular formula is C16H34IN5S. The van der Waals surface area contributed by atoms with Gasteiger partial charge in [0.1, 0.15) is 0 Å². The maximum absolute atomic E-state index is 4.42. The Morgan fingerprint density at radius 1 is 1.26 bits per heavy atom. The van der Waals surface area contributed by atoms with Crippen molar-refractivity contribution in [3.05, 3.63) is 0 Å². The number of hydrogen-bond donors (Lipinski definition) is 2. The standard InChI is InChI=1S/C16H33N5S.HI/c1-17-16(19-13-6-5-7-15(10-13)22-4)18-11-14-12-20(2)8-9-21(14)3;/h13-15H,5-12H2,1-4H3,(H2,17,18,19);1H. The van der Waals surface area contributed by atoms with Crippen molar-refractivity contribution in [1.82, 2.24) is 20.4 Å². The summed E-state index contributed by atoms with van der Waals surface area (Å²) >= 11 is 2.01. The minimum Gasteiger partial charge on any atom is -0.355 e. The Balaban J connectivity index is 0.00000264. The van der Waals surface area contributed by atoms with Gasteiger partial charge in [0.2, 0.25) is 0 Å². The van der Waals surface area contributed by atoms with Gasteiger partial charge in [-0.15, -0.1) is 24.0 Å². The summed E-state index contributed by atoms with van der Waals surface area (Å²) in [6.07, 6.45) is 7.45. The Hall–Kier alpha value is 0.270. The molecule has 0 amide bonds. The number of hydrogen-bond acceptors (Lipinski definition) is 4. The quantitative estimate of drug-likeness (QED) is 0.384. The fourth-order valence-corrected chi connectivity index (χ4v) is 4.24. The van der Waals surface area contributed by atoms with Crippen molar-refractivity contribution < 1.29 is 0 Å². The van der Waals surface area contributed by atoms with Crippen LogP contribution in [0.1, 0.15) is 25.7 Å². The van der Waals surface area contributed by atoms with Crippen LogP contribution in [0.4, 0.5) is 0 Å². The van der Waals surface area contributed by atoms with Gasteiger partial charge >= 0.3 is 0 Å². The van der Waals surface area contributed by atoms with Crippen LogP contribution >= 0.6 is 35.7 Å². The van der Waals surface area contributed by atoms with Crippen LogP contribution in [0, 0.1) is 0 Å². The largest absolute Gasteiger partial charge is 0.355 e. The minimum absolute atomic E-state index is 0. The van der Waals surface area contributed by atoms with E-state index in [4.69, 9.17) is 0 Å². The van der Waals surface area contributed by atoms with Crippen molar-refractivity contribution in [2.75, 3.05) is 53.6 Å². The molecule has 0 aromatic rings. The first-order valence-corrected chi connectivity index (χ1v) is 9.80. The van der Waals surface area contributed by atoms with E-state index < -0.39 is 0 Å². The molecule has 0 spiro atoms. The van der Waals surface area contributed by atoms with Gasteiger partial charge in [0, 0.05) is 50.6 Å². The molecular weight excluding hydrogens is 421 g/mol.